The van der Waals surface area contributed by atoms with Crippen LogP contribution in [0.15, 0.2) is 170 Å². The maximum Gasteiger partial charge on any atom is -0.00926 e. The lowest BCUT2D eigenvalue weighted by molar-refractivity contribution is 1.57. The van der Waals surface area contributed by atoms with Crippen LogP contribution in [0.5, 0.6) is 0 Å². The molecule has 0 atom stereocenters. The molecule has 222 valence electrons. The predicted molar refractivity (Wildman–Crippen MR) is 206 cm³/mol. The van der Waals surface area contributed by atoms with Crippen molar-refractivity contribution in [1.82, 2.24) is 0 Å². The fourth-order valence-corrected chi connectivity index (χ4v) is 7.05. The Kier molecular flexibility index (Phi) is 7.32. The Bertz CT molecular complexity index is 2460. The van der Waals surface area contributed by atoms with E-state index in [9.17, 15) is 0 Å². The van der Waals surface area contributed by atoms with Crippen LogP contribution in [0.4, 0.5) is 0 Å². The molecule has 0 saturated heterocycles. The average Bonchev–Trinajstić information content (AvgIpc) is 3.14. The second kappa shape index (κ2) is 12.1. The first-order valence-electron chi connectivity index (χ1n) is 16.2. The third-order valence-electron chi connectivity index (χ3n) is 9.30. The summed E-state index contributed by atoms with van der Waals surface area (Å²) in [4.78, 5) is 0. The van der Waals surface area contributed by atoms with Gasteiger partial charge in [-0.05, 0) is 131 Å². The number of hydrogen-bond donors (Lipinski definition) is 0. The van der Waals surface area contributed by atoms with Gasteiger partial charge < -0.3 is 0 Å². The quantitative estimate of drug-likeness (QED) is 0.167. The minimum Gasteiger partial charge on any atom is -0.0984 e. The van der Waals surface area contributed by atoms with Crippen molar-refractivity contribution in [2.45, 2.75) is 6.92 Å². The normalized spacial score (nSPS) is 11.5. The van der Waals surface area contributed by atoms with Crippen LogP contribution in [-0.2, 0) is 0 Å². The van der Waals surface area contributed by atoms with Crippen LogP contribution >= 0.6 is 0 Å². The highest BCUT2D eigenvalue weighted by Gasteiger charge is 2.17. The van der Waals surface area contributed by atoms with Gasteiger partial charge in [0.05, 0.1) is 0 Å². The summed E-state index contributed by atoms with van der Waals surface area (Å²) in [5, 5.41) is 7.56. The molecule has 8 rings (SSSR count). The highest BCUT2D eigenvalue weighted by Crippen LogP contribution is 2.44. The maximum atomic E-state index is 4.05. The Balaban J connectivity index is 1.48. The molecule has 0 bridgehead atoms. The summed E-state index contributed by atoms with van der Waals surface area (Å²) in [6.07, 6.45) is 6.18. The van der Waals surface area contributed by atoms with Crippen molar-refractivity contribution >= 4 is 44.5 Å². The Morgan fingerprint density at radius 2 is 0.936 bits per heavy atom. The summed E-state index contributed by atoms with van der Waals surface area (Å²) >= 11 is 0. The van der Waals surface area contributed by atoms with Crippen molar-refractivity contribution in [3.05, 3.63) is 182 Å². The number of fused-ring (bicyclic) bond motifs is 4. The van der Waals surface area contributed by atoms with Gasteiger partial charge in [-0.1, -0.05) is 146 Å². The minimum absolute atomic E-state index is 1.13. The van der Waals surface area contributed by atoms with Gasteiger partial charge in [0.2, 0.25) is 0 Å². The molecule has 0 aliphatic carbocycles. The zero-order valence-electron chi connectivity index (χ0n) is 26.5. The largest absolute Gasteiger partial charge is 0.0984 e. The van der Waals surface area contributed by atoms with Crippen LogP contribution in [0.25, 0.3) is 89.0 Å². The van der Waals surface area contributed by atoms with E-state index < -0.39 is 0 Å². The summed E-state index contributed by atoms with van der Waals surface area (Å²) in [5.41, 5.74) is 12.0. The van der Waals surface area contributed by atoms with Crippen LogP contribution < -0.4 is 0 Å². The zero-order chi connectivity index (χ0) is 31.7. The van der Waals surface area contributed by atoms with E-state index in [0.717, 1.165) is 5.56 Å². The molecule has 0 amide bonds. The standard InChI is InChI=1S/C47H34/c1-3-15-35-26-36(25-24-32(35)4-2)38-28-43(33-16-7-5-8-17-33)47-31-39(30-44(46(47)29-38)34-18-9-6-10-19-34)45-27-37-20-11-12-21-40(37)41-22-13-14-23-42(41)45/h3-31H,2H2,1H3/b15-3-. The lowest BCUT2D eigenvalue weighted by Crippen LogP contribution is -1.92. The van der Waals surface area contributed by atoms with Gasteiger partial charge in [-0.15, -0.1) is 0 Å². The predicted octanol–water partition coefficient (Wildman–Crippen LogP) is 13.5. The summed E-state index contributed by atoms with van der Waals surface area (Å²) in [7, 11) is 0. The molecule has 0 aliphatic rings. The first-order chi connectivity index (χ1) is 23.2. The van der Waals surface area contributed by atoms with Gasteiger partial charge in [-0.2, -0.15) is 0 Å². The first kappa shape index (κ1) is 28.5. The van der Waals surface area contributed by atoms with E-state index in [1.165, 1.54) is 82.4 Å². The van der Waals surface area contributed by atoms with Gasteiger partial charge >= 0.3 is 0 Å². The van der Waals surface area contributed by atoms with Gasteiger partial charge in [-0.3, -0.25) is 0 Å². The van der Waals surface area contributed by atoms with Gasteiger partial charge in [0.15, 0.2) is 0 Å². The van der Waals surface area contributed by atoms with Crippen molar-refractivity contribution in [1.29, 1.82) is 0 Å². The van der Waals surface area contributed by atoms with Gasteiger partial charge in [0, 0.05) is 0 Å². The van der Waals surface area contributed by atoms with Crippen LogP contribution in [0.1, 0.15) is 18.1 Å². The Labute approximate surface area is 276 Å². The van der Waals surface area contributed by atoms with Gasteiger partial charge in [-0.25, -0.2) is 0 Å². The second-order valence-corrected chi connectivity index (χ2v) is 12.1. The summed E-state index contributed by atoms with van der Waals surface area (Å²) in [5.74, 6) is 0. The fraction of sp³-hybridized carbons (Fsp3) is 0.0213. The van der Waals surface area contributed by atoms with Crippen LogP contribution in [-0.4, -0.2) is 0 Å². The van der Waals surface area contributed by atoms with Crippen LogP contribution in [0, 0.1) is 0 Å². The molecule has 0 unspecified atom stereocenters. The number of allylic oxidation sites excluding steroid dienone is 1. The number of benzene rings is 8. The Hall–Kier alpha value is -5.98. The van der Waals surface area contributed by atoms with Crippen molar-refractivity contribution in [3.8, 4) is 44.5 Å². The van der Waals surface area contributed by atoms with Crippen molar-refractivity contribution in [2.24, 2.45) is 0 Å². The van der Waals surface area contributed by atoms with Crippen molar-refractivity contribution in [3.63, 3.8) is 0 Å². The molecule has 0 spiro atoms. The Morgan fingerprint density at radius 3 is 1.60 bits per heavy atom. The summed E-state index contributed by atoms with van der Waals surface area (Å²) in [6, 6.07) is 57.8. The molecule has 0 saturated carbocycles. The topological polar surface area (TPSA) is 0 Å². The molecule has 0 aromatic heterocycles. The monoisotopic (exact) mass is 598 g/mol. The molecule has 0 heterocycles. The third-order valence-corrected chi connectivity index (χ3v) is 9.30. The molecule has 0 N–H and O–H groups in total. The maximum absolute atomic E-state index is 4.05. The van der Waals surface area contributed by atoms with Crippen molar-refractivity contribution in [2.75, 3.05) is 0 Å². The highest BCUT2D eigenvalue weighted by molar-refractivity contribution is 6.16. The van der Waals surface area contributed by atoms with Gasteiger partial charge in [0.1, 0.15) is 0 Å². The smallest absolute Gasteiger partial charge is 0.00926 e. The third kappa shape index (κ3) is 5.15. The zero-order valence-corrected chi connectivity index (χ0v) is 26.5. The van der Waals surface area contributed by atoms with E-state index in [4.69, 9.17) is 0 Å². The fourth-order valence-electron chi connectivity index (χ4n) is 7.05. The number of rotatable bonds is 6. The van der Waals surface area contributed by atoms with Crippen LogP contribution in [0.2, 0.25) is 0 Å². The van der Waals surface area contributed by atoms with E-state index >= 15 is 0 Å². The molecule has 0 nitrogen and oxygen atoms in total. The van der Waals surface area contributed by atoms with Gasteiger partial charge in [0.25, 0.3) is 0 Å². The van der Waals surface area contributed by atoms with E-state index in [1.54, 1.807) is 0 Å². The number of hydrogen-bond acceptors (Lipinski definition) is 0. The molecule has 0 fully saturated rings. The lowest BCUT2D eigenvalue weighted by Gasteiger charge is -2.18. The van der Waals surface area contributed by atoms with Crippen molar-refractivity contribution < 1.29 is 0 Å². The molecule has 0 heteroatoms. The molecule has 0 aliphatic heterocycles. The SMILES string of the molecule is C=Cc1ccc(-c2cc(-c3ccccc3)c3cc(-c4cc5ccccc5c5ccccc45)cc(-c4ccccc4)c3c2)cc1/C=C\C. The second-order valence-electron chi connectivity index (χ2n) is 12.1. The van der Waals surface area contributed by atoms with E-state index in [2.05, 4.69) is 183 Å². The molecular weight excluding hydrogens is 565 g/mol. The van der Waals surface area contributed by atoms with E-state index in [-0.39, 0.29) is 0 Å². The van der Waals surface area contributed by atoms with E-state index in [0.29, 0.717) is 0 Å². The molecule has 0 radical (unpaired) electrons. The molecular formula is C47H34. The molecule has 8 aromatic rings. The minimum atomic E-state index is 1.13. The molecule has 8 aromatic carbocycles. The van der Waals surface area contributed by atoms with Crippen LogP contribution in [0.3, 0.4) is 0 Å². The Morgan fingerprint density at radius 1 is 0.383 bits per heavy atom. The lowest BCUT2D eigenvalue weighted by atomic mass is 9.85. The summed E-state index contributed by atoms with van der Waals surface area (Å²) in [6.45, 7) is 6.11. The highest BCUT2D eigenvalue weighted by atomic mass is 14.2. The van der Waals surface area contributed by atoms with E-state index in [1.807, 2.05) is 6.08 Å². The first-order valence-corrected chi connectivity index (χ1v) is 16.2. The summed E-state index contributed by atoms with van der Waals surface area (Å²) < 4.78 is 0. The average molecular weight is 599 g/mol. The molecule has 47 heavy (non-hydrogen) atoms.